The van der Waals surface area contributed by atoms with Crippen LogP contribution >= 0.6 is 15.9 Å². The summed E-state index contributed by atoms with van der Waals surface area (Å²) in [6.45, 7) is 2.91. The molecular formula is C31H28BrN3O4S. The molecule has 0 saturated carbocycles. The highest BCUT2D eigenvalue weighted by atomic mass is 79.9. The Bertz CT molecular complexity index is 1650. The van der Waals surface area contributed by atoms with E-state index in [0.29, 0.717) is 24.3 Å². The van der Waals surface area contributed by atoms with Gasteiger partial charge in [-0.15, -0.1) is 0 Å². The summed E-state index contributed by atoms with van der Waals surface area (Å²) in [5.41, 5.74) is 4.54. The second-order valence-electron chi connectivity index (χ2n) is 10.3. The molecule has 1 N–H and O–H groups in total. The number of fused-ring (bicyclic) bond motifs is 2. The van der Waals surface area contributed by atoms with Crippen molar-refractivity contribution in [2.75, 3.05) is 36.4 Å². The minimum atomic E-state index is -3.73. The van der Waals surface area contributed by atoms with Crippen molar-refractivity contribution in [2.45, 2.75) is 16.9 Å². The predicted molar refractivity (Wildman–Crippen MR) is 159 cm³/mol. The van der Waals surface area contributed by atoms with E-state index in [1.54, 1.807) is 43.5 Å². The summed E-state index contributed by atoms with van der Waals surface area (Å²) < 4.78 is 34.1. The van der Waals surface area contributed by atoms with Crippen LogP contribution in [0.5, 0.6) is 5.75 Å². The summed E-state index contributed by atoms with van der Waals surface area (Å²) in [6.07, 6.45) is 0. The molecule has 2 heterocycles. The number of halogens is 1. The first kappa shape index (κ1) is 26.4. The van der Waals surface area contributed by atoms with Gasteiger partial charge in [0.2, 0.25) is 0 Å². The number of ether oxygens (including phenoxy) is 1. The van der Waals surface area contributed by atoms with Crippen molar-refractivity contribution in [2.24, 2.45) is 0 Å². The van der Waals surface area contributed by atoms with Gasteiger partial charge in [0.05, 0.1) is 17.4 Å². The van der Waals surface area contributed by atoms with Crippen LogP contribution in [0.3, 0.4) is 0 Å². The van der Waals surface area contributed by atoms with Gasteiger partial charge in [-0.25, -0.2) is 8.42 Å². The SMILES string of the molecule is COc1ccc(CN2CC3(CN(C(=O)c4ccc(NS(=O)(=O)c5ccc(Br)cc5)cc4)C3)c3ccccc32)cc1. The fraction of sp³-hybridized carbons (Fsp3) is 0.194. The number of nitrogens with zero attached hydrogens (tertiary/aromatic N) is 2. The zero-order valence-corrected chi connectivity index (χ0v) is 24.3. The molecule has 0 unspecified atom stereocenters. The number of nitrogens with one attached hydrogen (secondary N) is 1. The Hall–Kier alpha value is -3.82. The van der Waals surface area contributed by atoms with Gasteiger partial charge in [-0.1, -0.05) is 46.3 Å². The molecule has 0 bridgehead atoms. The van der Waals surface area contributed by atoms with E-state index in [1.807, 2.05) is 17.0 Å². The summed E-state index contributed by atoms with van der Waals surface area (Å²) in [6, 6.07) is 29.6. The molecule has 9 heteroatoms. The van der Waals surface area contributed by atoms with Crippen molar-refractivity contribution in [3.05, 3.63) is 118 Å². The summed E-state index contributed by atoms with van der Waals surface area (Å²) >= 11 is 3.31. The first-order valence-electron chi connectivity index (χ1n) is 12.9. The monoisotopic (exact) mass is 617 g/mol. The number of likely N-dealkylation sites (tertiary alicyclic amines) is 1. The summed E-state index contributed by atoms with van der Waals surface area (Å²) in [4.78, 5) is 17.7. The largest absolute Gasteiger partial charge is 0.497 e. The predicted octanol–water partition coefficient (Wildman–Crippen LogP) is 5.67. The van der Waals surface area contributed by atoms with Gasteiger partial charge in [-0.05, 0) is 77.9 Å². The lowest BCUT2D eigenvalue weighted by molar-refractivity contribution is 0.0425. The molecule has 4 aromatic rings. The molecular weight excluding hydrogens is 590 g/mol. The van der Waals surface area contributed by atoms with E-state index in [1.165, 1.54) is 28.9 Å². The number of carbonyl (C=O) groups is 1. The van der Waals surface area contributed by atoms with Gasteiger partial charge in [0, 0.05) is 47.6 Å². The van der Waals surface area contributed by atoms with Crippen LogP contribution in [0.25, 0.3) is 0 Å². The number of amides is 1. The Balaban J connectivity index is 1.12. The van der Waals surface area contributed by atoms with E-state index < -0.39 is 10.0 Å². The number of sulfonamides is 1. The number of hydrogen-bond acceptors (Lipinski definition) is 5. The van der Waals surface area contributed by atoms with E-state index >= 15 is 0 Å². The van der Waals surface area contributed by atoms with E-state index in [2.05, 4.69) is 62.0 Å². The molecule has 6 rings (SSSR count). The maximum Gasteiger partial charge on any atom is 0.261 e. The maximum absolute atomic E-state index is 13.3. The van der Waals surface area contributed by atoms with Crippen molar-refractivity contribution in [3.63, 3.8) is 0 Å². The molecule has 0 atom stereocenters. The number of hydrogen-bond donors (Lipinski definition) is 1. The fourth-order valence-electron chi connectivity index (χ4n) is 5.62. The molecule has 1 saturated heterocycles. The molecule has 2 aliphatic rings. The maximum atomic E-state index is 13.3. The Kier molecular flexibility index (Phi) is 6.80. The van der Waals surface area contributed by atoms with E-state index in [4.69, 9.17) is 4.74 Å². The number of benzene rings is 4. The third-order valence-corrected chi connectivity index (χ3v) is 9.55. The third kappa shape index (κ3) is 4.95. The number of anilines is 2. The lowest BCUT2D eigenvalue weighted by Gasteiger charge is -2.48. The van der Waals surface area contributed by atoms with Crippen LogP contribution in [0, 0.1) is 0 Å². The molecule has 204 valence electrons. The van der Waals surface area contributed by atoms with E-state index in [0.717, 1.165) is 23.3 Å². The highest BCUT2D eigenvalue weighted by Gasteiger charge is 2.52. The lowest BCUT2D eigenvalue weighted by Crippen LogP contribution is -2.62. The topological polar surface area (TPSA) is 79.0 Å². The first-order chi connectivity index (χ1) is 19.3. The molecule has 0 radical (unpaired) electrons. The van der Waals surface area contributed by atoms with Crippen molar-refractivity contribution in [1.29, 1.82) is 0 Å². The third-order valence-electron chi connectivity index (χ3n) is 7.62. The summed E-state index contributed by atoms with van der Waals surface area (Å²) in [5.74, 6) is 0.782. The minimum absolute atomic E-state index is 0.0565. The number of methoxy groups -OCH3 is 1. The molecule has 1 spiro atoms. The Labute approximate surface area is 242 Å². The van der Waals surface area contributed by atoms with Crippen LogP contribution < -0.4 is 14.4 Å². The lowest BCUT2D eigenvalue weighted by atomic mass is 9.75. The molecule has 0 aliphatic carbocycles. The van der Waals surface area contributed by atoms with Crippen molar-refractivity contribution < 1.29 is 17.9 Å². The van der Waals surface area contributed by atoms with E-state index in [-0.39, 0.29) is 16.2 Å². The molecule has 2 aliphatic heterocycles. The van der Waals surface area contributed by atoms with Gasteiger partial charge in [-0.3, -0.25) is 9.52 Å². The highest BCUT2D eigenvalue weighted by molar-refractivity contribution is 9.10. The van der Waals surface area contributed by atoms with Crippen LogP contribution in [-0.4, -0.2) is 46.0 Å². The molecule has 7 nitrogen and oxygen atoms in total. The zero-order chi connectivity index (χ0) is 27.9. The Morgan fingerprint density at radius 2 is 1.57 bits per heavy atom. The molecule has 0 aromatic heterocycles. The van der Waals surface area contributed by atoms with Crippen LogP contribution in [0.15, 0.2) is 106 Å². The standard InChI is InChI=1S/C31H28BrN3O4S/c1-39-26-14-6-22(7-15-26)18-34-19-31(28-4-2-3-5-29(28)34)20-35(21-31)30(36)23-8-12-25(13-9-23)33-40(37,38)27-16-10-24(32)11-17-27/h2-17,33H,18-21H2,1H3. The average molecular weight is 619 g/mol. The molecule has 4 aromatic carbocycles. The van der Waals surface area contributed by atoms with Gasteiger partial charge in [-0.2, -0.15) is 0 Å². The van der Waals surface area contributed by atoms with E-state index in [9.17, 15) is 13.2 Å². The van der Waals surface area contributed by atoms with Gasteiger partial charge in [0.25, 0.3) is 15.9 Å². The van der Waals surface area contributed by atoms with Crippen LogP contribution in [0.2, 0.25) is 0 Å². The average Bonchev–Trinajstić information content (AvgIpc) is 3.27. The van der Waals surface area contributed by atoms with Crippen LogP contribution in [-0.2, 0) is 22.0 Å². The smallest absolute Gasteiger partial charge is 0.261 e. The number of para-hydroxylation sites is 1. The first-order valence-corrected chi connectivity index (χ1v) is 15.2. The Morgan fingerprint density at radius 3 is 2.25 bits per heavy atom. The second kappa shape index (κ2) is 10.3. The van der Waals surface area contributed by atoms with Crippen LogP contribution in [0.1, 0.15) is 21.5 Å². The normalized spacial score (nSPS) is 15.4. The second-order valence-corrected chi connectivity index (χ2v) is 12.9. The summed E-state index contributed by atoms with van der Waals surface area (Å²) in [5, 5.41) is 0. The number of rotatable bonds is 7. The van der Waals surface area contributed by atoms with Crippen molar-refractivity contribution >= 4 is 43.2 Å². The van der Waals surface area contributed by atoms with Gasteiger partial charge >= 0.3 is 0 Å². The quantitative estimate of drug-likeness (QED) is 0.289. The minimum Gasteiger partial charge on any atom is -0.497 e. The highest BCUT2D eigenvalue weighted by Crippen LogP contribution is 2.47. The van der Waals surface area contributed by atoms with Crippen molar-refractivity contribution in [3.8, 4) is 5.75 Å². The van der Waals surface area contributed by atoms with Crippen molar-refractivity contribution in [1.82, 2.24) is 4.90 Å². The molecule has 40 heavy (non-hydrogen) atoms. The van der Waals surface area contributed by atoms with Gasteiger partial charge in [0.1, 0.15) is 5.75 Å². The molecule has 1 fully saturated rings. The zero-order valence-electron chi connectivity index (χ0n) is 21.9. The number of carbonyl (C=O) groups excluding carboxylic acids is 1. The van der Waals surface area contributed by atoms with Gasteiger partial charge in [0.15, 0.2) is 0 Å². The summed E-state index contributed by atoms with van der Waals surface area (Å²) in [7, 11) is -2.06. The fourth-order valence-corrected chi connectivity index (χ4v) is 6.94. The Morgan fingerprint density at radius 1 is 0.900 bits per heavy atom. The molecule has 1 amide bonds. The van der Waals surface area contributed by atoms with Crippen LogP contribution in [0.4, 0.5) is 11.4 Å². The van der Waals surface area contributed by atoms with Gasteiger partial charge < -0.3 is 14.5 Å².